The van der Waals surface area contributed by atoms with Crippen molar-refractivity contribution >= 4 is 33.3 Å². The highest BCUT2D eigenvalue weighted by atomic mass is 79.9. The van der Waals surface area contributed by atoms with Crippen molar-refractivity contribution in [3.8, 4) is 0 Å². The van der Waals surface area contributed by atoms with E-state index in [9.17, 15) is 4.79 Å². The number of halogens is 1. The van der Waals surface area contributed by atoms with Crippen LogP contribution >= 0.6 is 15.9 Å². The van der Waals surface area contributed by atoms with Gasteiger partial charge < -0.3 is 5.73 Å². The largest absolute Gasteiger partial charge is 0.397 e. The van der Waals surface area contributed by atoms with E-state index in [1.54, 1.807) is 12.3 Å². The van der Waals surface area contributed by atoms with Gasteiger partial charge in [0, 0.05) is 12.2 Å². The van der Waals surface area contributed by atoms with Gasteiger partial charge in [0.05, 0.1) is 17.2 Å². The second-order valence-electron chi connectivity index (χ2n) is 2.31. The molecule has 0 aromatic rings. The molecule has 0 bridgehead atoms. The fourth-order valence-electron chi connectivity index (χ4n) is 0.781. The van der Waals surface area contributed by atoms with Gasteiger partial charge in [0.2, 0.25) is 0 Å². The lowest BCUT2D eigenvalue weighted by atomic mass is 10.5. The van der Waals surface area contributed by atoms with Crippen LogP contribution in [-0.2, 0) is 15.9 Å². The van der Waals surface area contributed by atoms with Crippen LogP contribution in [0.4, 0.5) is 0 Å². The quantitative estimate of drug-likeness (QED) is 0.344. The van der Waals surface area contributed by atoms with Crippen molar-refractivity contribution in [3.05, 3.63) is 34.4 Å². The summed E-state index contributed by atoms with van der Waals surface area (Å²) in [6, 6.07) is 0. The molecular weight excluding hydrogens is 252 g/mol. The summed E-state index contributed by atoms with van der Waals surface area (Å²) in [5, 5.41) is 2.63. The normalized spacial score (nSPS) is 22.1. The Hall–Kier alpha value is -0.680. The van der Waals surface area contributed by atoms with E-state index < -0.39 is 0 Å². The summed E-state index contributed by atoms with van der Waals surface area (Å²) in [7, 11) is 0. The Morgan fingerprint density at radius 2 is 2.54 bits per heavy atom. The molecule has 1 rings (SSSR count). The van der Waals surface area contributed by atoms with Gasteiger partial charge in [-0.1, -0.05) is 15.9 Å². The van der Waals surface area contributed by atoms with Crippen molar-refractivity contribution in [3.63, 3.8) is 0 Å². The Bertz CT molecular complexity index is 286. The third-order valence-corrected chi connectivity index (χ3v) is 4.02. The smallest absolute Gasteiger partial charge is 0.177 e. The van der Waals surface area contributed by atoms with Crippen LogP contribution in [0.15, 0.2) is 34.4 Å². The summed E-state index contributed by atoms with van der Waals surface area (Å²) in [4.78, 5) is 11.3. The number of nitrogens with one attached hydrogen (secondary N) is 1. The maximum Gasteiger partial charge on any atom is 0.177 e. The number of carbonyl (C=O) groups excluding carboxylic acids is 1. The van der Waals surface area contributed by atoms with Crippen LogP contribution < -0.4 is 10.5 Å². The van der Waals surface area contributed by atoms with Crippen LogP contribution in [0.25, 0.3) is 0 Å². The van der Waals surface area contributed by atoms with Crippen molar-refractivity contribution in [2.24, 2.45) is 5.73 Å². The van der Waals surface area contributed by atoms with Gasteiger partial charge in [0.1, 0.15) is 6.29 Å². The molecule has 5 heteroatoms. The molecular formula is C8H10BrN2OS+. The maximum atomic E-state index is 10.3. The number of aldehydes is 1. The first-order valence-electron chi connectivity index (χ1n) is 3.61. The molecule has 3 nitrogen and oxygen atoms in total. The van der Waals surface area contributed by atoms with Crippen LogP contribution in [0, 0.1) is 0 Å². The van der Waals surface area contributed by atoms with E-state index in [0.29, 0.717) is 11.0 Å². The molecule has 1 aliphatic heterocycles. The van der Waals surface area contributed by atoms with E-state index in [1.807, 2.05) is 11.5 Å². The molecule has 0 radical (unpaired) electrons. The number of allylic oxidation sites excluding steroid dienone is 3. The molecule has 0 saturated carbocycles. The van der Waals surface area contributed by atoms with Crippen molar-refractivity contribution in [2.45, 2.75) is 0 Å². The molecule has 0 fully saturated rings. The summed E-state index contributed by atoms with van der Waals surface area (Å²) >= 11 is 3.11. The fourth-order valence-corrected chi connectivity index (χ4v) is 2.99. The summed E-state index contributed by atoms with van der Waals surface area (Å²) in [5.41, 5.74) is 6.23. The van der Waals surface area contributed by atoms with E-state index >= 15 is 0 Å². The minimum Gasteiger partial charge on any atom is -0.397 e. The van der Waals surface area contributed by atoms with Gasteiger partial charge in [-0.2, -0.15) is 0 Å². The first-order valence-corrected chi connectivity index (χ1v) is 6.02. The lowest BCUT2D eigenvalue weighted by Crippen LogP contribution is -2.23. The van der Waals surface area contributed by atoms with Gasteiger partial charge in [-0.3, -0.25) is 4.79 Å². The topological polar surface area (TPSA) is 55.1 Å². The van der Waals surface area contributed by atoms with Gasteiger partial charge in [0.15, 0.2) is 21.4 Å². The third-order valence-electron chi connectivity index (χ3n) is 1.42. The van der Waals surface area contributed by atoms with Gasteiger partial charge in [-0.25, -0.2) is 4.72 Å². The van der Waals surface area contributed by atoms with Crippen LogP contribution in [0.1, 0.15) is 0 Å². The molecule has 3 N–H and O–H groups in total. The number of rotatable bonds is 3. The van der Waals surface area contributed by atoms with Crippen LogP contribution in [0.3, 0.4) is 0 Å². The molecule has 0 amide bonds. The average Bonchev–Trinajstić information content (AvgIpc) is 2.16. The maximum absolute atomic E-state index is 10.3. The van der Waals surface area contributed by atoms with E-state index in [2.05, 4.69) is 20.7 Å². The van der Waals surface area contributed by atoms with Gasteiger partial charge >= 0.3 is 0 Å². The van der Waals surface area contributed by atoms with Crippen LogP contribution in [-0.4, -0.2) is 11.6 Å². The van der Waals surface area contributed by atoms with Crippen LogP contribution in [0.2, 0.25) is 0 Å². The number of hydrogen-bond donors (Lipinski definition) is 2. The highest BCUT2D eigenvalue weighted by molar-refractivity contribution is 9.09. The zero-order valence-corrected chi connectivity index (χ0v) is 9.27. The summed E-state index contributed by atoms with van der Waals surface area (Å²) in [6.07, 6.45) is 5.93. The molecule has 13 heavy (non-hydrogen) atoms. The zero-order chi connectivity index (χ0) is 9.68. The van der Waals surface area contributed by atoms with Crippen molar-refractivity contribution < 1.29 is 4.79 Å². The zero-order valence-electron chi connectivity index (χ0n) is 6.87. The van der Waals surface area contributed by atoms with E-state index in [1.165, 1.54) is 0 Å². The van der Waals surface area contributed by atoms with Gasteiger partial charge in [-0.05, 0) is 0 Å². The number of nitrogens with two attached hydrogens (primary N) is 1. The highest BCUT2D eigenvalue weighted by Gasteiger charge is 2.22. The van der Waals surface area contributed by atoms with E-state index in [4.69, 9.17) is 5.73 Å². The molecule has 1 heterocycles. The lowest BCUT2D eigenvalue weighted by Gasteiger charge is -2.07. The Kier molecular flexibility index (Phi) is 4.11. The SMILES string of the molecule is NC1=CN[S+](C(=CC=O)CBr)C=C1. The first-order chi connectivity index (χ1) is 6.27. The van der Waals surface area contributed by atoms with E-state index in [-0.39, 0.29) is 11.1 Å². The average molecular weight is 262 g/mol. The summed E-state index contributed by atoms with van der Waals surface area (Å²) in [6.45, 7) is 0. The van der Waals surface area contributed by atoms with Crippen molar-refractivity contribution in [2.75, 3.05) is 5.33 Å². The molecule has 0 spiro atoms. The predicted molar refractivity (Wildman–Crippen MR) is 59.9 cm³/mol. The minimum absolute atomic E-state index is 0.207. The number of alkyl halides is 1. The Morgan fingerprint density at radius 3 is 3.00 bits per heavy atom. The molecule has 0 aliphatic carbocycles. The van der Waals surface area contributed by atoms with Gasteiger partial charge in [-0.15, -0.1) is 0 Å². The molecule has 0 aromatic carbocycles. The second kappa shape index (κ2) is 5.14. The fraction of sp³-hybridized carbons (Fsp3) is 0.125. The van der Waals surface area contributed by atoms with Crippen LogP contribution in [0.5, 0.6) is 0 Å². The minimum atomic E-state index is -0.207. The second-order valence-corrected chi connectivity index (χ2v) is 4.57. The summed E-state index contributed by atoms with van der Waals surface area (Å²) in [5.74, 6) is 0. The molecule has 1 aliphatic rings. The monoisotopic (exact) mass is 261 g/mol. The molecule has 0 saturated heterocycles. The van der Waals surface area contributed by atoms with Crippen molar-refractivity contribution in [1.82, 2.24) is 4.72 Å². The lowest BCUT2D eigenvalue weighted by molar-refractivity contribution is -0.104. The molecule has 1 unspecified atom stereocenters. The Balaban J connectivity index is 2.69. The molecule has 70 valence electrons. The first kappa shape index (κ1) is 10.4. The number of hydrogen-bond acceptors (Lipinski definition) is 3. The molecule has 0 aromatic heterocycles. The summed E-state index contributed by atoms with van der Waals surface area (Å²) < 4.78 is 3.10. The predicted octanol–water partition coefficient (Wildman–Crippen LogP) is 0.914. The highest BCUT2D eigenvalue weighted by Crippen LogP contribution is 2.15. The Labute approximate surface area is 88.4 Å². The van der Waals surface area contributed by atoms with Gasteiger partial charge in [0.25, 0.3) is 0 Å². The number of carbonyl (C=O) groups is 1. The third kappa shape index (κ3) is 2.93. The standard InChI is InChI=1S/C8H10BrN2OS/c9-5-8(1-3-12)13-4-2-7(10)6-11-13/h1-4,6,11H,5,10H2/q+1. The van der Waals surface area contributed by atoms with Crippen molar-refractivity contribution in [1.29, 1.82) is 0 Å². The van der Waals surface area contributed by atoms with E-state index in [0.717, 1.165) is 11.2 Å². The molecule has 1 atom stereocenters. The Morgan fingerprint density at radius 1 is 1.77 bits per heavy atom.